The molecule has 5 rings (SSSR count). The second kappa shape index (κ2) is 8.50. The van der Waals surface area contributed by atoms with Crippen molar-refractivity contribution in [1.82, 2.24) is 14.8 Å². The van der Waals surface area contributed by atoms with Crippen molar-refractivity contribution in [3.63, 3.8) is 0 Å². The predicted molar refractivity (Wildman–Crippen MR) is 122 cm³/mol. The number of benzene rings is 2. The highest BCUT2D eigenvalue weighted by atomic mass is 35.5. The van der Waals surface area contributed by atoms with E-state index < -0.39 is 29.5 Å². The van der Waals surface area contributed by atoms with Crippen LogP contribution < -0.4 is 0 Å². The van der Waals surface area contributed by atoms with Crippen LogP contribution >= 0.6 is 11.6 Å². The molecule has 7 nitrogen and oxygen atoms in total. The fourth-order valence-corrected chi connectivity index (χ4v) is 4.86. The van der Waals surface area contributed by atoms with Crippen LogP contribution in [0.25, 0.3) is 21.7 Å². The van der Waals surface area contributed by atoms with Crippen LogP contribution in [0.5, 0.6) is 5.75 Å². The number of carboxylic acids is 1. The average molecular weight is 488 g/mol. The first-order valence-corrected chi connectivity index (χ1v) is 11.0. The van der Waals surface area contributed by atoms with Crippen molar-refractivity contribution in [3.05, 3.63) is 70.2 Å². The highest BCUT2D eigenvalue weighted by Crippen LogP contribution is 2.48. The number of furan rings is 1. The lowest BCUT2D eigenvalue weighted by Crippen LogP contribution is -2.46. The molecule has 0 aliphatic carbocycles. The zero-order valence-corrected chi connectivity index (χ0v) is 18.8. The number of nitrogens with zero attached hydrogens (tertiary/aromatic N) is 3. The van der Waals surface area contributed by atoms with Gasteiger partial charge in [0.2, 0.25) is 5.95 Å². The number of fused-ring (bicyclic) bond motifs is 3. The smallest absolute Gasteiger partial charge is 0.339 e. The molecule has 1 fully saturated rings. The number of likely N-dealkylation sites (N-methyl/N-ethyl adjacent to an activating group) is 1. The van der Waals surface area contributed by atoms with Gasteiger partial charge in [-0.2, -0.15) is 4.39 Å². The summed E-state index contributed by atoms with van der Waals surface area (Å²) in [6.07, 6.45) is 2.37. The summed E-state index contributed by atoms with van der Waals surface area (Å²) >= 11 is 6.02. The minimum Gasteiger partial charge on any atom is -0.507 e. The van der Waals surface area contributed by atoms with Gasteiger partial charge in [0.1, 0.15) is 23.2 Å². The van der Waals surface area contributed by atoms with Crippen molar-refractivity contribution in [3.8, 4) is 5.75 Å². The lowest BCUT2D eigenvalue weighted by Gasteiger charge is -2.39. The number of aromatic hydroxyl groups is 1. The molecule has 1 aliphatic heterocycles. The van der Waals surface area contributed by atoms with E-state index in [1.165, 1.54) is 24.4 Å². The zero-order valence-electron chi connectivity index (χ0n) is 18.1. The van der Waals surface area contributed by atoms with E-state index in [4.69, 9.17) is 16.0 Å². The van der Waals surface area contributed by atoms with Gasteiger partial charge in [0.25, 0.3) is 0 Å². The van der Waals surface area contributed by atoms with Gasteiger partial charge in [-0.05, 0) is 36.9 Å². The van der Waals surface area contributed by atoms with Crippen LogP contribution in [0.2, 0.25) is 5.02 Å². The van der Waals surface area contributed by atoms with Gasteiger partial charge < -0.3 is 19.5 Å². The first kappa shape index (κ1) is 22.5. The number of hydrogen-bond donors (Lipinski definition) is 2. The number of carbonyl (C=O) groups is 1. The Hall–Kier alpha value is -3.27. The number of carboxylic acid groups (broad SMARTS) is 1. The summed E-state index contributed by atoms with van der Waals surface area (Å²) in [6.45, 7) is 2.47. The van der Waals surface area contributed by atoms with Gasteiger partial charge in [0.15, 0.2) is 5.82 Å². The highest BCUT2D eigenvalue weighted by molar-refractivity contribution is 6.32. The Kier molecular flexibility index (Phi) is 5.63. The van der Waals surface area contributed by atoms with Gasteiger partial charge in [-0.1, -0.05) is 11.6 Å². The lowest BCUT2D eigenvalue weighted by atomic mass is 9.89. The summed E-state index contributed by atoms with van der Waals surface area (Å²) < 4.78 is 35.0. The molecule has 1 aliphatic rings. The van der Waals surface area contributed by atoms with Crippen LogP contribution in [0.4, 0.5) is 8.78 Å². The van der Waals surface area contributed by atoms with Crippen molar-refractivity contribution < 1.29 is 28.2 Å². The Morgan fingerprint density at radius 1 is 1.18 bits per heavy atom. The SMILES string of the molecule is CN1CCN(C(c2ccnc(F)c2)c2c(O)c3c(F)c(Cl)ccc3c3occ(C(=O)O)c23)CC1. The minimum absolute atomic E-state index is 0.101. The average Bonchev–Trinajstić information content (AvgIpc) is 3.25. The second-order valence-corrected chi connectivity index (χ2v) is 8.77. The number of piperazine rings is 1. The van der Waals surface area contributed by atoms with Crippen molar-refractivity contribution in [2.45, 2.75) is 6.04 Å². The number of aromatic carboxylic acids is 1. The molecule has 3 heterocycles. The van der Waals surface area contributed by atoms with Crippen molar-refractivity contribution in [1.29, 1.82) is 0 Å². The van der Waals surface area contributed by atoms with Crippen LogP contribution in [-0.4, -0.2) is 64.2 Å². The van der Waals surface area contributed by atoms with Crippen molar-refractivity contribution in [2.75, 3.05) is 33.2 Å². The van der Waals surface area contributed by atoms with E-state index in [9.17, 15) is 19.4 Å². The molecule has 34 heavy (non-hydrogen) atoms. The maximum Gasteiger partial charge on any atom is 0.339 e. The number of aromatic nitrogens is 1. The summed E-state index contributed by atoms with van der Waals surface area (Å²) in [5.41, 5.74) is 0.466. The molecule has 0 spiro atoms. The third-order valence-corrected chi connectivity index (χ3v) is 6.66. The molecule has 1 saturated heterocycles. The van der Waals surface area contributed by atoms with E-state index in [1.807, 2.05) is 11.9 Å². The molecule has 2 aromatic heterocycles. The number of halogens is 3. The maximum absolute atomic E-state index is 15.2. The molecular weight excluding hydrogens is 468 g/mol. The maximum atomic E-state index is 15.2. The lowest BCUT2D eigenvalue weighted by molar-refractivity contribution is 0.0697. The number of phenols is 1. The Morgan fingerprint density at radius 3 is 2.59 bits per heavy atom. The largest absolute Gasteiger partial charge is 0.507 e. The van der Waals surface area contributed by atoms with E-state index >= 15 is 4.39 Å². The monoisotopic (exact) mass is 487 g/mol. The molecule has 1 atom stereocenters. The molecule has 0 bridgehead atoms. The second-order valence-electron chi connectivity index (χ2n) is 8.36. The Morgan fingerprint density at radius 2 is 1.91 bits per heavy atom. The predicted octanol–water partition coefficient (Wildman–Crippen LogP) is 4.65. The summed E-state index contributed by atoms with van der Waals surface area (Å²) in [7, 11) is 1.97. The molecule has 2 N–H and O–H groups in total. The van der Waals surface area contributed by atoms with Gasteiger partial charge in [-0.25, -0.2) is 14.2 Å². The normalized spacial score (nSPS) is 16.4. The van der Waals surface area contributed by atoms with E-state index in [0.717, 1.165) is 6.26 Å². The quantitative estimate of drug-likeness (QED) is 0.405. The van der Waals surface area contributed by atoms with Crippen LogP contribution in [0.3, 0.4) is 0 Å². The summed E-state index contributed by atoms with van der Waals surface area (Å²) in [5, 5.41) is 21.3. The van der Waals surface area contributed by atoms with E-state index in [0.29, 0.717) is 31.7 Å². The third kappa shape index (κ3) is 3.56. The molecule has 0 radical (unpaired) electrons. The van der Waals surface area contributed by atoms with Gasteiger partial charge in [0, 0.05) is 48.7 Å². The van der Waals surface area contributed by atoms with Gasteiger partial charge in [-0.15, -0.1) is 0 Å². The molecule has 1 unspecified atom stereocenters. The third-order valence-electron chi connectivity index (χ3n) is 6.36. The number of pyridine rings is 1. The standard InChI is InChI=1S/C24H20ClF2N3O4/c1-29-6-8-30(9-7-29)21(12-4-5-28-16(26)10-12)19-17-14(24(32)33)11-34-23(17)13-2-3-15(25)20(27)18(13)22(19)31/h2-5,10-11,21,31H,6-9H2,1H3,(H,32,33). The van der Waals surface area contributed by atoms with Gasteiger partial charge in [-0.3, -0.25) is 4.90 Å². The van der Waals surface area contributed by atoms with Crippen LogP contribution in [0.15, 0.2) is 41.1 Å². The summed E-state index contributed by atoms with van der Waals surface area (Å²) in [5.74, 6) is -3.32. The van der Waals surface area contributed by atoms with Crippen molar-refractivity contribution in [2.24, 2.45) is 0 Å². The molecule has 4 aromatic rings. The summed E-state index contributed by atoms with van der Waals surface area (Å²) in [6, 6.07) is 4.81. The van der Waals surface area contributed by atoms with E-state index in [1.54, 1.807) is 6.07 Å². The summed E-state index contributed by atoms with van der Waals surface area (Å²) in [4.78, 5) is 19.8. The Balaban J connectivity index is 1.91. The first-order chi connectivity index (χ1) is 16.3. The Labute approximate surface area is 197 Å². The number of rotatable bonds is 4. The fraction of sp³-hybridized carbons (Fsp3) is 0.250. The van der Waals surface area contributed by atoms with E-state index in [2.05, 4.69) is 9.88 Å². The topological polar surface area (TPSA) is 90.0 Å². The minimum atomic E-state index is -1.27. The zero-order chi connectivity index (χ0) is 24.1. The molecule has 0 amide bonds. The van der Waals surface area contributed by atoms with Gasteiger partial charge in [0.05, 0.1) is 16.5 Å². The van der Waals surface area contributed by atoms with Crippen LogP contribution in [-0.2, 0) is 0 Å². The number of phenolic OH excluding ortho intramolecular Hbond substituents is 1. The van der Waals surface area contributed by atoms with E-state index in [-0.39, 0.29) is 37.9 Å². The van der Waals surface area contributed by atoms with Crippen molar-refractivity contribution >= 4 is 39.3 Å². The fourth-order valence-electron chi connectivity index (χ4n) is 4.70. The molecule has 2 aromatic carbocycles. The number of hydrogen-bond acceptors (Lipinski definition) is 6. The first-order valence-electron chi connectivity index (χ1n) is 10.6. The van der Waals surface area contributed by atoms with Crippen LogP contribution in [0, 0.1) is 11.8 Å². The molecule has 176 valence electrons. The van der Waals surface area contributed by atoms with Gasteiger partial charge >= 0.3 is 5.97 Å². The molecule has 10 heteroatoms. The molecule has 0 saturated carbocycles. The highest BCUT2D eigenvalue weighted by Gasteiger charge is 2.34. The molecular formula is C24H20ClF2N3O4. The van der Waals surface area contributed by atoms with Crippen LogP contribution in [0.1, 0.15) is 27.5 Å². The Bertz CT molecular complexity index is 1430.